The van der Waals surface area contributed by atoms with Gasteiger partial charge < -0.3 is 19.4 Å². The number of piperazine rings is 1. The molecular weight excluding hydrogens is 385 g/mol. The molecule has 1 aliphatic carbocycles. The zero-order valence-corrected chi connectivity index (χ0v) is 17.0. The zero-order chi connectivity index (χ0) is 20.6. The summed E-state index contributed by atoms with van der Waals surface area (Å²) in [6.07, 6.45) is 1.68. The first kappa shape index (κ1) is 19.2. The van der Waals surface area contributed by atoms with E-state index in [2.05, 4.69) is 20.0 Å². The molecule has 3 heterocycles. The number of benzene rings is 1. The van der Waals surface area contributed by atoms with E-state index in [4.69, 9.17) is 4.74 Å². The molecule has 0 unspecified atom stereocenters. The Bertz CT molecular complexity index is 887. The maximum absolute atomic E-state index is 13.3. The number of hydrogen-bond acceptors (Lipinski definition) is 6. The highest BCUT2D eigenvalue weighted by Gasteiger charge is 2.53. The molecule has 1 saturated carbocycles. The summed E-state index contributed by atoms with van der Waals surface area (Å²) < 4.78 is 18.7. The summed E-state index contributed by atoms with van der Waals surface area (Å²) in [5, 5.41) is 8.81. The third kappa shape index (κ3) is 3.60. The van der Waals surface area contributed by atoms with Gasteiger partial charge in [-0.25, -0.2) is 4.39 Å². The van der Waals surface area contributed by atoms with E-state index in [1.165, 1.54) is 12.1 Å². The molecule has 2 aromatic rings. The van der Waals surface area contributed by atoms with Gasteiger partial charge in [-0.1, -0.05) is 12.1 Å². The van der Waals surface area contributed by atoms with Crippen molar-refractivity contribution in [2.45, 2.75) is 18.3 Å². The number of aromatic nitrogens is 2. The largest absolute Gasteiger partial charge is 0.378 e. The second-order valence-corrected chi connectivity index (χ2v) is 8.22. The van der Waals surface area contributed by atoms with E-state index >= 15 is 0 Å². The van der Waals surface area contributed by atoms with E-state index in [9.17, 15) is 9.18 Å². The molecule has 3 fully saturated rings. The summed E-state index contributed by atoms with van der Waals surface area (Å²) in [6, 6.07) is 10.4. The molecule has 0 bridgehead atoms. The smallest absolute Gasteiger partial charge is 0.233 e. The van der Waals surface area contributed by atoms with Gasteiger partial charge in [-0.3, -0.25) is 4.79 Å². The molecule has 0 radical (unpaired) electrons. The first-order valence-electron chi connectivity index (χ1n) is 10.6. The highest BCUT2D eigenvalue weighted by atomic mass is 19.1. The van der Waals surface area contributed by atoms with Crippen LogP contribution in [0.2, 0.25) is 0 Å². The predicted molar refractivity (Wildman–Crippen MR) is 111 cm³/mol. The average Bonchev–Trinajstić information content (AvgIpc) is 3.62. The number of ether oxygens (including phenoxy) is 1. The Morgan fingerprint density at radius 1 is 0.833 bits per heavy atom. The summed E-state index contributed by atoms with van der Waals surface area (Å²) >= 11 is 0. The van der Waals surface area contributed by atoms with Crippen LogP contribution in [0.5, 0.6) is 0 Å². The van der Waals surface area contributed by atoms with Crippen LogP contribution in [0.4, 0.5) is 16.0 Å². The van der Waals surface area contributed by atoms with Crippen LogP contribution in [-0.2, 0) is 14.9 Å². The molecule has 5 rings (SSSR count). The lowest BCUT2D eigenvalue weighted by molar-refractivity contribution is -0.134. The highest BCUT2D eigenvalue weighted by Crippen LogP contribution is 2.49. The van der Waals surface area contributed by atoms with Crippen LogP contribution in [0.25, 0.3) is 0 Å². The summed E-state index contributed by atoms with van der Waals surface area (Å²) in [6.45, 7) is 5.91. The number of hydrogen-bond donors (Lipinski definition) is 0. The minimum atomic E-state index is -0.449. The van der Waals surface area contributed by atoms with Crippen LogP contribution >= 0.6 is 0 Å². The van der Waals surface area contributed by atoms with Gasteiger partial charge in [0, 0.05) is 39.3 Å². The van der Waals surface area contributed by atoms with Crippen molar-refractivity contribution in [2.24, 2.45) is 0 Å². The van der Waals surface area contributed by atoms with Crippen molar-refractivity contribution >= 4 is 17.5 Å². The van der Waals surface area contributed by atoms with Gasteiger partial charge in [0.2, 0.25) is 5.91 Å². The lowest BCUT2D eigenvalue weighted by Gasteiger charge is -2.37. The molecule has 1 aromatic heterocycles. The van der Waals surface area contributed by atoms with E-state index in [0.717, 1.165) is 69.4 Å². The Labute approximate surface area is 175 Å². The van der Waals surface area contributed by atoms with Crippen LogP contribution in [0.15, 0.2) is 36.4 Å². The van der Waals surface area contributed by atoms with E-state index in [0.29, 0.717) is 13.1 Å². The second-order valence-electron chi connectivity index (χ2n) is 8.22. The predicted octanol–water partition coefficient (Wildman–Crippen LogP) is 1.83. The van der Waals surface area contributed by atoms with Gasteiger partial charge >= 0.3 is 0 Å². The van der Waals surface area contributed by atoms with Gasteiger partial charge in [0.05, 0.1) is 18.6 Å². The van der Waals surface area contributed by atoms with Crippen molar-refractivity contribution < 1.29 is 13.9 Å². The average molecular weight is 411 g/mol. The number of nitrogens with zero attached hydrogens (tertiary/aromatic N) is 5. The summed E-state index contributed by atoms with van der Waals surface area (Å²) in [4.78, 5) is 19.5. The van der Waals surface area contributed by atoms with E-state index in [1.54, 1.807) is 12.1 Å². The number of amides is 1. The third-order valence-corrected chi connectivity index (χ3v) is 6.42. The molecule has 0 atom stereocenters. The summed E-state index contributed by atoms with van der Waals surface area (Å²) in [7, 11) is 0. The molecule has 3 aliphatic rings. The quantitative estimate of drug-likeness (QED) is 0.765. The number of carbonyl (C=O) groups excluding carboxylic acids is 1. The Morgan fingerprint density at radius 3 is 1.93 bits per heavy atom. The van der Waals surface area contributed by atoms with Gasteiger partial charge in [0.25, 0.3) is 0 Å². The lowest BCUT2D eigenvalue weighted by atomic mass is 9.94. The monoisotopic (exact) mass is 411 g/mol. The summed E-state index contributed by atoms with van der Waals surface area (Å²) in [5.41, 5.74) is 0.482. The topological polar surface area (TPSA) is 61.8 Å². The Kier molecular flexibility index (Phi) is 5.02. The fourth-order valence-corrected chi connectivity index (χ4v) is 4.41. The summed E-state index contributed by atoms with van der Waals surface area (Å²) in [5.74, 6) is 1.63. The minimum Gasteiger partial charge on any atom is -0.378 e. The molecule has 8 heteroatoms. The van der Waals surface area contributed by atoms with E-state index in [1.807, 2.05) is 17.0 Å². The molecular formula is C22H26FN5O2. The van der Waals surface area contributed by atoms with Crippen LogP contribution in [-0.4, -0.2) is 73.5 Å². The number of morpholine rings is 1. The van der Waals surface area contributed by atoms with Gasteiger partial charge in [-0.05, 0) is 42.7 Å². The fourth-order valence-electron chi connectivity index (χ4n) is 4.41. The Morgan fingerprint density at radius 2 is 1.40 bits per heavy atom. The maximum atomic E-state index is 13.3. The molecule has 7 nitrogen and oxygen atoms in total. The number of halogens is 1. The molecule has 0 spiro atoms. The molecule has 0 N–H and O–H groups in total. The van der Waals surface area contributed by atoms with Gasteiger partial charge in [-0.15, -0.1) is 10.2 Å². The van der Waals surface area contributed by atoms with Crippen molar-refractivity contribution in [1.82, 2.24) is 15.1 Å². The number of anilines is 2. The third-order valence-electron chi connectivity index (χ3n) is 6.42. The molecule has 1 aromatic carbocycles. The first-order chi connectivity index (χ1) is 14.7. The fraction of sp³-hybridized carbons (Fsp3) is 0.500. The Hall–Kier alpha value is -2.74. The first-order valence-corrected chi connectivity index (χ1v) is 10.6. The van der Waals surface area contributed by atoms with Crippen LogP contribution in [0.3, 0.4) is 0 Å². The standard InChI is InChI=1S/C22H26FN5O2/c23-18-3-1-17(2-4-18)22(7-8-22)21(29)28-11-9-26(10-12-28)19-5-6-20(25-24-19)27-13-15-30-16-14-27/h1-6H,7-16H2. The SMILES string of the molecule is O=C(N1CCN(c2ccc(N3CCOCC3)nn2)CC1)C1(c2ccc(F)cc2)CC1. The molecule has 158 valence electrons. The van der Waals surface area contributed by atoms with Crippen molar-refractivity contribution in [1.29, 1.82) is 0 Å². The molecule has 2 aliphatic heterocycles. The van der Waals surface area contributed by atoms with Crippen LogP contribution in [0.1, 0.15) is 18.4 Å². The number of carbonyl (C=O) groups is 1. The Balaban J connectivity index is 1.20. The van der Waals surface area contributed by atoms with Gasteiger partial charge in [-0.2, -0.15) is 0 Å². The van der Waals surface area contributed by atoms with E-state index in [-0.39, 0.29) is 11.7 Å². The zero-order valence-electron chi connectivity index (χ0n) is 17.0. The minimum absolute atomic E-state index is 0.169. The van der Waals surface area contributed by atoms with Gasteiger partial charge in [0.15, 0.2) is 11.6 Å². The van der Waals surface area contributed by atoms with Crippen molar-refractivity contribution in [3.05, 3.63) is 47.8 Å². The van der Waals surface area contributed by atoms with Gasteiger partial charge in [0.1, 0.15) is 5.82 Å². The molecule has 30 heavy (non-hydrogen) atoms. The normalized spacial score (nSPS) is 20.9. The van der Waals surface area contributed by atoms with Crippen LogP contribution in [0, 0.1) is 5.82 Å². The lowest BCUT2D eigenvalue weighted by Crippen LogP contribution is -2.51. The van der Waals surface area contributed by atoms with Crippen molar-refractivity contribution in [3.8, 4) is 0 Å². The second kappa shape index (κ2) is 7.83. The highest BCUT2D eigenvalue weighted by molar-refractivity contribution is 5.91. The van der Waals surface area contributed by atoms with Crippen molar-refractivity contribution in [2.75, 3.05) is 62.3 Å². The molecule has 2 saturated heterocycles. The maximum Gasteiger partial charge on any atom is 0.233 e. The van der Waals surface area contributed by atoms with Crippen molar-refractivity contribution in [3.63, 3.8) is 0 Å². The van der Waals surface area contributed by atoms with E-state index < -0.39 is 5.41 Å². The number of rotatable bonds is 4. The van der Waals surface area contributed by atoms with Crippen LogP contribution < -0.4 is 9.80 Å². The molecule has 1 amide bonds.